The summed E-state index contributed by atoms with van der Waals surface area (Å²) < 4.78 is 46.5. The summed E-state index contributed by atoms with van der Waals surface area (Å²) in [5, 5.41) is 8.17. The first-order valence-electron chi connectivity index (χ1n) is 8.32. The van der Waals surface area contributed by atoms with Crippen molar-refractivity contribution in [2.24, 2.45) is 0 Å². The third-order valence-corrected chi connectivity index (χ3v) is 4.94. The van der Waals surface area contributed by atoms with Gasteiger partial charge in [-0.25, -0.2) is 9.50 Å². The lowest BCUT2D eigenvalue weighted by atomic mass is 10.2. The van der Waals surface area contributed by atoms with Gasteiger partial charge in [0.2, 0.25) is 0 Å². The van der Waals surface area contributed by atoms with Crippen LogP contribution < -0.4 is 10.1 Å². The van der Waals surface area contributed by atoms with Crippen molar-refractivity contribution < 1.29 is 22.7 Å². The van der Waals surface area contributed by atoms with Gasteiger partial charge in [-0.2, -0.15) is 18.3 Å². The summed E-state index contributed by atoms with van der Waals surface area (Å²) in [5.41, 5.74) is -0.673. The summed E-state index contributed by atoms with van der Waals surface area (Å²) in [6.07, 6.45) is -4.67. The number of aromatic nitrogens is 3. The molecule has 0 saturated heterocycles. The van der Waals surface area contributed by atoms with Gasteiger partial charge in [0.15, 0.2) is 17.0 Å². The second kappa shape index (κ2) is 7.21. The van der Waals surface area contributed by atoms with E-state index in [4.69, 9.17) is 4.74 Å². The molecule has 0 aliphatic heterocycles. The Labute approximate surface area is 166 Å². The number of carbonyl (C=O) groups is 1. The van der Waals surface area contributed by atoms with Crippen LogP contribution in [0.25, 0.3) is 16.2 Å². The van der Waals surface area contributed by atoms with Crippen LogP contribution in [-0.4, -0.2) is 27.6 Å². The molecule has 1 N–H and O–H groups in total. The molecule has 0 fully saturated rings. The predicted molar refractivity (Wildman–Crippen MR) is 102 cm³/mol. The maximum atomic E-state index is 13.6. The number of carbonyl (C=O) groups excluding carboxylic acids is 1. The van der Waals surface area contributed by atoms with Gasteiger partial charge in [-0.05, 0) is 29.6 Å². The van der Waals surface area contributed by atoms with Gasteiger partial charge in [0.25, 0.3) is 5.91 Å². The molecule has 1 aromatic carbocycles. The number of thiophene rings is 1. The normalized spacial score (nSPS) is 11.6. The Kier molecular flexibility index (Phi) is 4.71. The molecule has 3 heterocycles. The molecule has 10 heteroatoms. The minimum Gasteiger partial charge on any atom is -0.497 e. The van der Waals surface area contributed by atoms with Crippen molar-refractivity contribution in [2.75, 3.05) is 12.4 Å². The summed E-state index contributed by atoms with van der Waals surface area (Å²) in [6, 6.07) is 12.1. The van der Waals surface area contributed by atoms with Crippen LogP contribution in [0.2, 0.25) is 0 Å². The molecular formula is C19H13F3N4O2S. The van der Waals surface area contributed by atoms with Gasteiger partial charge in [0.1, 0.15) is 5.75 Å². The number of nitrogens with zero attached hydrogens (tertiary/aromatic N) is 3. The van der Waals surface area contributed by atoms with Crippen molar-refractivity contribution in [3.8, 4) is 16.3 Å². The number of fused-ring (bicyclic) bond motifs is 1. The molecular weight excluding hydrogens is 405 g/mol. The van der Waals surface area contributed by atoms with Gasteiger partial charge in [0, 0.05) is 17.8 Å². The molecule has 0 atom stereocenters. The number of hydrogen-bond donors (Lipinski definition) is 1. The molecule has 0 aliphatic carbocycles. The fraction of sp³-hybridized carbons (Fsp3) is 0.105. The third-order valence-electron chi connectivity index (χ3n) is 4.05. The topological polar surface area (TPSA) is 68.5 Å². The molecule has 3 aromatic heterocycles. The monoisotopic (exact) mass is 418 g/mol. The minimum atomic E-state index is -4.67. The Hall–Kier alpha value is -3.40. The average molecular weight is 418 g/mol. The van der Waals surface area contributed by atoms with Crippen molar-refractivity contribution in [1.82, 2.24) is 14.6 Å². The zero-order chi connectivity index (χ0) is 20.6. The number of halogens is 3. The number of anilines is 1. The molecule has 0 spiro atoms. The molecule has 0 bridgehead atoms. The smallest absolute Gasteiger partial charge is 0.433 e. The zero-order valence-corrected chi connectivity index (χ0v) is 15.7. The fourth-order valence-corrected chi connectivity index (χ4v) is 3.42. The van der Waals surface area contributed by atoms with Crippen molar-refractivity contribution in [1.29, 1.82) is 0 Å². The molecule has 0 radical (unpaired) electrons. The number of amides is 1. The maximum absolute atomic E-state index is 13.6. The molecule has 0 unspecified atom stereocenters. The van der Waals surface area contributed by atoms with E-state index >= 15 is 0 Å². The SMILES string of the molecule is COc1cccc(NC(=O)c2cc3nc(-c4cccs4)cc(C(F)(F)F)n3n2)c1. The molecule has 4 aromatic rings. The Morgan fingerprint density at radius 2 is 2.00 bits per heavy atom. The van der Waals surface area contributed by atoms with E-state index in [-0.39, 0.29) is 17.0 Å². The number of rotatable bonds is 4. The number of hydrogen-bond acceptors (Lipinski definition) is 5. The second-order valence-electron chi connectivity index (χ2n) is 5.99. The molecule has 148 valence electrons. The summed E-state index contributed by atoms with van der Waals surface area (Å²) >= 11 is 1.27. The Balaban J connectivity index is 1.75. The van der Waals surface area contributed by atoms with Crippen LogP contribution in [0, 0.1) is 0 Å². The molecule has 29 heavy (non-hydrogen) atoms. The van der Waals surface area contributed by atoms with Crippen molar-refractivity contribution in [2.45, 2.75) is 6.18 Å². The number of ether oxygens (including phenoxy) is 1. The highest BCUT2D eigenvalue weighted by Crippen LogP contribution is 2.33. The van der Waals surface area contributed by atoms with Crippen LogP contribution in [0.1, 0.15) is 16.2 Å². The summed E-state index contributed by atoms with van der Waals surface area (Å²) in [4.78, 5) is 17.3. The highest BCUT2D eigenvalue weighted by molar-refractivity contribution is 7.13. The number of benzene rings is 1. The van der Waals surface area contributed by atoms with Crippen LogP contribution in [0.5, 0.6) is 5.75 Å². The summed E-state index contributed by atoms with van der Waals surface area (Å²) in [5.74, 6) is -0.131. The van der Waals surface area contributed by atoms with Crippen molar-refractivity contribution >= 4 is 28.6 Å². The van der Waals surface area contributed by atoms with E-state index in [9.17, 15) is 18.0 Å². The highest BCUT2D eigenvalue weighted by Gasteiger charge is 2.35. The maximum Gasteiger partial charge on any atom is 0.433 e. The zero-order valence-electron chi connectivity index (χ0n) is 14.9. The lowest BCUT2D eigenvalue weighted by Gasteiger charge is -2.10. The van der Waals surface area contributed by atoms with Crippen molar-refractivity contribution in [3.63, 3.8) is 0 Å². The Morgan fingerprint density at radius 1 is 1.17 bits per heavy atom. The van der Waals surface area contributed by atoms with E-state index in [0.29, 0.717) is 20.8 Å². The molecule has 0 saturated carbocycles. The van der Waals surface area contributed by atoms with Gasteiger partial charge in [-0.15, -0.1) is 11.3 Å². The van der Waals surface area contributed by atoms with Crippen LogP contribution in [0.3, 0.4) is 0 Å². The lowest BCUT2D eigenvalue weighted by Crippen LogP contribution is -2.15. The first-order valence-corrected chi connectivity index (χ1v) is 9.20. The van der Waals surface area contributed by atoms with E-state index in [0.717, 1.165) is 6.07 Å². The molecule has 1 amide bonds. The average Bonchev–Trinajstić information content (AvgIpc) is 3.36. The number of methoxy groups -OCH3 is 1. The fourth-order valence-electron chi connectivity index (χ4n) is 2.73. The lowest BCUT2D eigenvalue weighted by molar-refractivity contribution is -0.142. The van der Waals surface area contributed by atoms with Gasteiger partial charge in [0.05, 0.1) is 17.7 Å². The van der Waals surface area contributed by atoms with Gasteiger partial charge >= 0.3 is 6.18 Å². The molecule has 6 nitrogen and oxygen atoms in total. The Morgan fingerprint density at radius 3 is 2.69 bits per heavy atom. The highest BCUT2D eigenvalue weighted by atomic mass is 32.1. The standard InChI is InChI=1S/C19H13F3N4O2S/c1-28-12-5-2-4-11(8-12)23-18(27)14-10-17-24-13(15-6-3-7-29-15)9-16(19(20,21)22)26(17)25-14/h2-10H,1H3,(H,23,27). The largest absolute Gasteiger partial charge is 0.497 e. The van der Waals surface area contributed by atoms with Crippen LogP contribution in [-0.2, 0) is 6.18 Å². The van der Waals surface area contributed by atoms with E-state index in [2.05, 4.69) is 15.4 Å². The van der Waals surface area contributed by atoms with Crippen LogP contribution >= 0.6 is 11.3 Å². The van der Waals surface area contributed by atoms with Gasteiger partial charge in [-0.3, -0.25) is 4.79 Å². The number of nitrogens with one attached hydrogen (secondary N) is 1. The summed E-state index contributed by atoms with van der Waals surface area (Å²) in [7, 11) is 1.48. The van der Waals surface area contributed by atoms with Crippen LogP contribution in [0.15, 0.2) is 53.9 Å². The van der Waals surface area contributed by atoms with Crippen LogP contribution in [0.4, 0.5) is 18.9 Å². The third kappa shape index (κ3) is 3.79. The predicted octanol–water partition coefficient (Wildman–Crippen LogP) is 4.74. The first-order chi connectivity index (χ1) is 13.8. The quantitative estimate of drug-likeness (QED) is 0.520. The van der Waals surface area contributed by atoms with Crippen molar-refractivity contribution in [3.05, 3.63) is 65.3 Å². The first kappa shape index (κ1) is 18.9. The van der Waals surface area contributed by atoms with E-state index < -0.39 is 17.8 Å². The summed E-state index contributed by atoms with van der Waals surface area (Å²) in [6.45, 7) is 0. The van der Waals surface area contributed by atoms with E-state index in [1.165, 1.54) is 24.5 Å². The molecule has 0 aliphatic rings. The second-order valence-corrected chi connectivity index (χ2v) is 6.94. The Bertz CT molecular complexity index is 1190. The van der Waals surface area contributed by atoms with E-state index in [1.807, 2.05) is 0 Å². The minimum absolute atomic E-state index is 0.0704. The number of alkyl halides is 3. The van der Waals surface area contributed by atoms with E-state index in [1.54, 1.807) is 41.8 Å². The van der Waals surface area contributed by atoms with Gasteiger partial charge < -0.3 is 10.1 Å². The van der Waals surface area contributed by atoms with Gasteiger partial charge in [-0.1, -0.05) is 12.1 Å². The molecule has 4 rings (SSSR count).